The average molecular weight is 463 g/mol. The zero-order valence-corrected chi connectivity index (χ0v) is 18.7. The number of fused-ring (bicyclic) bond motifs is 1. The summed E-state index contributed by atoms with van der Waals surface area (Å²) < 4.78 is 23.9. The fraction of sp³-hybridized carbons (Fsp3) is 0.261. The Morgan fingerprint density at radius 1 is 1.21 bits per heavy atom. The summed E-state index contributed by atoms with van der Waals surface area (Å²) in [4.78, 5) is 30.7. The molecule has 0 atom stereocenters. The molecule has 1 N–H and O–H groups in total. The number of hydrogen-bond acceptors (Lipinski definition) is 6. The number of amides is 2. The summed E-state index contributed by atoms with van der Waals surface area (Å²) >= 11 is 0. The molecular formula is C23H22FN7O3. The molecule has 3 aromatic heterocycles. The van der Waals surface area contributed by atoms with Crippen LogP contribution in [0.3, 0.4) is 0 Å². The second-order valence-corrected chi connectivity index (χ2v) is 7.97. The number of nitrogens with zero attached hydrogens (tertiary/aromatic N) is 6. The molecule has 1 fully saturated rings. The van der Waals surface area contributed by atoms with E-state index in [9.17, 15) is 14.0 Å². The lowest BCUT2D eigenvalue weighted by molar-refractivity contribution is 0.0640. The molecule has 0 saturated carbocycles. The number of ether oxygens (including phenoxy) is 1. The van der Waals surface area contributed by atoms with Gasteiger partial charge >= 0.3 is 0 Å². The molecular weight excluding hydrogens is 441 g/mol. The van der Waals surface area contributed by atoms with Gasteiger partial charge in [-0.15, -0.1) is 0 Å². The van der Waals surface area contributed by atoms with Gasteiger partial charge in [0, 0.05) is 56.8 Å². The topological polar surface area (TPSA) is 107 Å². The van der Waals surface area contributed by atoms with Crippen LogP contribution in [0.1, 0.15) is 34.2 Å². The Hall–Kier alpha value is -4.28. The SMILES string of the molecule is CCn1cc2c(Oc3cnc(C(=O)N4CCC4)c(F)c3)cc(C(=O)Nc3ccn(C)n3)cc2n1. The quantitative estimate of drug-likeness (QED) is 0.471. The number of pyridine rings is 1. The van der Waals surface area contributed by atoms with Gasteiger partial charge in [-0.25, -0.2) is 9.37 Å². The van der Waals surface area contributed by atoms with Crippen molar-refractivity contribution in [1.29, 1.82) is 0 Å². The van der Waals surface area contributed by atoms with Crippen LogP contribution in [0.15, 0.2) is 42.9 Å². The minimum atomic E-state index is -0.765. The zero-order chi connectivity index (χ0) is 23.8. The van der Waals surface area contributed by atoms with Crippen LogP contribution < -0.4 is 10.1 Å². The lowest BCUT2D eigenvalue weighted by Gasteiger charge is -2.30. The Balaban J connectivity index is 1.46. The van der Waals surface area contributed by atoms with Crippen molar-refractivity contribution >= 4 is 28.5 Å². The Morgan fingerprint density at radius 3 is 2.68 bits per heavy atom. The van der Waals surface area contributed by atoms with Gasteiger partial charge in [-0.2, -0.15) is 10.2 Å². The first-order valence-electron chi connectivity index (χ1n) is 10.9. The number of carbonyl (C=O) groups excluding carboxylic acids is 2. The fourth-order valence-electron chi connectivity index (χ4n) is 3.62. The Morgan fingerprint density at radius 2 is 2.03 bits per heavy atom. The van der Waals surface area contributed by atoms with Crippen LogP contribution in [0.5, 0.6) is 11.5 Å². The van der Waals surface area contributed by atoms with Crippen molar-refractivity contribution in [2.24, 2.45) is 7.05 Å². The number of carbonyl (C=O) groups is 2. The monoisotopic (exact) mass is 463 g/mol. The largest absolute Gasteiger partial charge is 0.455 e. The highest BCUT2D eigenvalue weighted by atomic mass is 19.1. The van der Waals surface area contributed by atoms with Crippen LogP contribution in [0.25, 0.3) is 10.9 Å². The molecule has 1 aliphatic heterocycles. The normalized spacial score (nSPS) is 13.1. The van der Waals surface area contributed by atoms with Crippen molar-refractivity contribution in [2.45, 2.75) is 19.9 Å². The number of aromatic nitrogens is 5. The van der Waals surface area contributed by atoms with E-state index >= 15 is 0 Å². The first kappa shape index (κ1) is 21.6. The van der Waals surface area contributed by atoms with Gasteiger partial charge in [0.05, 0.1) is 17.1 Å². The summed E-state index contributed by atoms with van der Waals surface area (Å²) in [5.41, 5.74) is 0.607. The number of aryl methyl sites for hydroxylation is 2. The van der Waals surface area contributed by atoms with Crippen LogP contribution in [0, 0.1) is 5.82 Å². The van der Waals surface area contributed by atoms with E-state index in [1.807, 2.05) is 6.92 Å². The highest BCUT2D eigenvalue weighted by Crippen LogP contribution is 2.32. The second-order valence-electron chi connectivity index (χ2n) is 7.97. The maximum atomic E-state index is 14.7. The minimum Gasteiger partial charge on any atom is -0.455 e. The zero-order valence-electron chi connectivity index (χ0n) is 18.7. The molecule has 174 valence electrons. The van der Waals surface area contributed by atoms with E-state index in [2.05, 4.69) is 20.5 Å². The molecule has 4 aromatic rings. The number of benzene rings is 1. The molecule has 10 nitrogen and oxygen atoms in total. The predicted molar refractivity (Wildman–Crippen MR) is 121 cm³/mol. The van der Waals surface area contributed by atoms with Gasteiger partial charge < -0.3 is 15.0 Å². The van der Waals surface area contributed by atoms with Crippen molar-refractivity contribution in [3.05, 3.63) is 59.9 Å². The third-order valence-corrected chi connectivity index (χ3v) is 5.57. The van der Waals surface area contributed by atoms with Crippen molar-refractivity contribution < 1.29 is 18.7 Å². The van der Waals surface area contributed by atoms with Crippen LogP contribution in [0.4, 0.5) is 10.2 Å². The molecule has 5 rings (SSSR count). The van der Waals surface area contributed by atoms with Crippen molar-refractivity contribution in [2.75, 3.05) is 18.4 Å². The molecule has 0 spiro atoms. The molecule has 0 aliphatic carbocycles. The molecule has 34 heavy (non-hydrogen) atoms. The number of likely N-dealkylation sites (tertiary alicyclic amines) is 1. The summed E-state index contributed by atoms with van der Waals surface area (Å²) in [6, 6.07) is 6.01. The standard InChI is InChI=1S/C23H22FN7O3/c1-3-31-13-16-18(27-31)9-14(22(32)26-20-5-8-29(2)28-20)10-19(16)34-15-11-17(24)21(25-12-15)23(33)30-6-4-7-30/h5,8-13H,3-4,6-7H2,1-2H3,(H,26,28,32). The highest BCUT2D eigenvalue weighted by molar-refractivity contribution is 6.06. The number of hydrogen-bond donors (Lipinski definition) is 1. The molecule has 0 radical (unpaired) electrons. The van der Waals surface area contributed by atoms with E-state index in [0.29, 0.717) is 47.7 Å². The first-order valence-corrected chi connectivity index (χ1v) is 10.9. The lowest BCUT2D eigenvalue weighted by atomic mass is 10.1. The van der Waals surface area contributed by atoms with Crippen LogP contribution >= 0.6 is 0 Å². The third-order valence-electron chi connectivity index (χ3n) is 5.57. The van der Waals surface area contributed by atoms with E-state index in [0.717, 1.165) is 12.5 Å². The predicted octanol–water partition coefficient (Wildman–Crippen LogP) is 3.21. The summed E-state index contributed by atoms with van der Waals surface area (Å²) in [6.07, 6.45) is 5.71. The van der Waals surface area contributed by atoms with Crippen LogP contribution in [-0.2, 0) is 13.6 Å². The molecule has 0 unspecified atom stereocenters. The first-order chi connectivity index (χ1) is 16.4. The summed E-state index contributed by atoms with van der Waals surface area (Å²) in [5, 5.41) is 12.0. The molecule has 11 heteroatoms. The number of rotatable bonds is 6. The van der Waals surface area contributed by atoms with Gasteiger partial charge in [0.2, 0.25) is 0 Å². The summed E-state index contributed by atoms with van der Waals surface area (Å²) in [7, 11) is 1.75. The van der Waals surface area contributed by atoms with E-state index in [1.165, 1.54) is 11.1 Å². The molecule has 2 amide bonds. The van der Waals surface area contributed by atoms with E-state index in [1.54, 1.807) is 47.0 Å². The fourth-order valence-corrected chi connectivity index (χ4v) is 3.62. The second kappa shape index (κ2) is 8.58. The molecule has 1 aromatic carbocycles. The number of nitrogens with one attached hydrogen (secondary N) is 1. The van der Waals surface area contributed by atoms with Crippen molar-refractivity contribution in [1.82, 2.24) is 29.4 Å². The van der Waals surface area contributed by atoms with Crippen molar-refractivity contribution in [3.8, 4) is 11.5 Å². The van der Waals surface area contributed by atoms with Crippen LogP contribution in [0.2, 0.25) is 0 Å². The van der Waals surface area contributed by atoms with E-state index < -0.39 is 17.6 Å². The number of halogens is 1. The van der Waals surface area contributed by atoms with Gasteiger partial charge in [-0.1, -0.05) is 0 Å². The Bertz CT molecular complexity index is 1410. The van der Waals surface area contributed by atoms with Gasteiger partial charge in [0.15, 0.2) is 17.3 Å². The maximum absolute atomic E-state index is 14.7. The Labute approximate surface area is 193 Å². The van der Waals surface area contributed by atoms with E-state index in [4.69, 9.17) is 4.74 Å². The summed E-state index contributed by atoms with van der Waals surface area (Å²) in [5.74, 6) is -0.773. The van der Waals surface area contributed by atoms with Gasteiger partial charge in [-0.3, -0.25) is 19.0 Å². The van der Waals surface area contributed by atoms with E-state index in [-0.39, 0.29) is 11.4 Å². The van der Waals surface area contributed by atoms with Gasteiger partial charge in [-0.05, 0) is 25.5 Å². The average Bonchev–Trinajstić information content (AvgIpc) is 3.38. The van der Waals surface area contributed by atoms with Crippen LogP contribution in [-0.4, -0.2) is 54.3 Å². The highest BCUT2D eigenvalue weighted by Gasteiger charge is 2.26. The van der Waals surface area contributed by atoms with Crippen molar-refractivity contribution in [3.63, 3.8) is 0 Å². The van der Waals surface area contributed by atoms with Gasteiger partial charge in [0.1, 0.15) is 11.5 Å². The minimum absolute atomic E-state index is 0.102. The third kappa shape index (κ3) is 4.07. The molecule has 1 aliphatic rings. The molecule has 4 heterocycles. The molecule has 1 saturated heterocycles. The number of anilines is 1. The smallest absolute Gasteiger partial charge is 0.275 e. The lowest BCUT2D eigenvalue weighted by Crippen LogP contribution is -2.42. The van der Waals surface area contributed by atoms with Gasteiger partial charge in [0.25, 0.3) is 11.8 Å². The molecule has 0 bridgehead atoms. The Kier molecular flexibility index (Phi) is 5.44. The summed E-state index contributed by atoms with van der Waals surface area (Å²) in [6.45, 7) is 3.76. The maximum Gasteiger partial charge on any atom is 0.275 e.